The van der Waals surface area contributed by atoms with E-state index < -0.39 is 17.5 Å². The van der Waals surface area contributed by atoms with E-state index in [-0.39, 0.29) is 103 Å². The molecule has 0 amide bonds. The zero-order valence-corrected chi connectivity index (χ0v) is 12.5. The smallest absolute Gasteiger partial charge is 0.652 e. The summed E-state index contributed by atoms with van der Waals surface area (Å²) in [6, 6.07) is 0. The van der Waals surface area contributed by atoms with E-state index in [1.807, 2.05) is 0 Å². The molecule has 0 aromatic heterocycles. The molecule has 0 spiro atoms. The zero-order valence-electron chi connectivity index (χ0n) is 5.44. The van der Waals surface area contributed by atoms with Crippen LogP contribution in [0.25, 0.3) is 0 Å². The van der Waals surface area contributed by atoms with E-state index in [1.54, 1.807) is 0 Å². The van der Waals surface area contributed by atoms with Crippen molar-refractivity contribution in [3.8, 4) is 0 Å². The molecular weight excluding hydrogens is 218 g/mol. The molecule has 9 heteroatoms. The van der Waals surface area contributed by atoms with E-state index in [0.717, 1.165) is 0 Å². The first-order valence-corrected chi connectivity index (χ1v) is 2.21. The Morgan fingerprint density at radius 1 is 1.20 bits per heavy atom. The van der Waals surface area contributed by atoms with E-state index in [2.05, 4.69) is 0 Å². The molecule has 6 nitrogen and oxygen atoms in total. The Morgan fingerprint density at radius 2 is 1.20 bits per heavy atom. The van der Waals surface area contributed by atoms with Crippen molar-refractivity contribution >= 4 is 17.5 Å². The monoisotopic (exact) mass is 220 g/mol. The van der Waals surface area contributed by atoms with Gasteiger partial charge in [0.05, 0.1) is 0 Å². The van der Waals surface area contributed by atoms with Crippen molar-refractivity contribution in [3.05, 3.63) is 0 Å². The van der Waals surface area contributed by atoms with Gasteiger partial charge in [-0.3, -0.25) is 9.11 Å². The van der Waals surface area contributed by atoms with E-state index in [4.69, 9.17) is 28.3 Å². The number of hydrogen-bond acceptors (Lipinski definition) is 4. The Morgan fingerprint density at radius 3 is 1.20 bits per heavy atom. The Hall–Kier alpha value is 2.61. The maximum absolute atomic E-state index is 8.67. The molecule has 0 atom stereocenters. The van der Waals surface area contributed by atoms with Gasteiger partial charge in [-0.15, -0.1) is 0 Å². The zero-order chi connectivity index (χ0) is 7.15. The molecule has 0 radical (unpaired) electrons. The van der Waals surface area contributed by atoms with Crippen LogP contribution in [-0.4, -0.2) is 19.5 Å². The third kappa shape index (κ3) is 144. The second-order valence-electron chi connectivity index (χ2n) is 0.481. The molecule has 0 saturated heterocycles. The van der Waals surface area contributed by atoms with Crippen molar-refractivity contribution in [3.63, 3.8) is 0 Å². The predicted octanol–water partition coefficient (Wildman–Crippen LogP) is -8.76. The second kappa shape index (κ2) is 17.6. The van der Waals surface area contributed by atoms with Crippen LogP contribution in [0.2, 0.25) is 0 Å². The molecular formula is CH2K2O6S. The molecule has 0 aliphatic carbocycles. The summed E-state index contributed by atoms with van der Waals surface area (Å²) in [7, 11) is 0. The largest absolute Gasteiger partial charge is 1.00 e. The SMILES string of the molecule is O=C([O-])[O-].O=S(O)O.[K+].[K+]. The first kappa shape index (κ1) is 22.9. The predicted molar refractivity (Wildman–Crippen MR) is 18.8 cm³/mol. The van der Waals surface area contributed by atoms with Crippen LogP contribution in [0.4, 0.5) is 4.79 Å². The van der Waals surface area contributed by atoms with Crippen LogP contribution in [0, 0.1) is 0 Å². The minimum absolute atomic E-state index is 0. The Bertz CT molecular complexity index is 73.7. The molecule has 2 N–H and O–H groups in total. The van der Waals surface area contributed by atoms with Crippen molar-refractivity contribution in [2.75, 3.05) is 0 Å². The molecule has 0 aliphatic heterocycles. The summed E-state index contributed by atoms with van der Waals surface area (Å²) >= 11 is -2.61. The van der Waals surface area contributed by atoms with Gasteiger partial charge in [0.2, 0.25) is 0 Å². The van der Waals surface area contributed by atoms with Crippen molar-refractivity contribution in [2.45, 2.75) is 0 Å². The molecule has 0 rings (SSSR count). The molecule has 0 saturated carbocycles. The van der Waals surface area contributed by atoms with Crippen LogP contribution < -0.4 is 113 Å². The topological polar surface area (TPSA) is 121 Å². The molecule has 0 fully saturated rings. The third-order valence-electron chi connectivity index (χ3n) is 0. The molecule has 0 aromatic carbocycles. The summed E-state index contributed by atoms with van der Waals surface area (Å²) < 4.78 is 22.8. The normalized spacial score (nSPS) is 5.90. The van der Waals surface area contributed by atoms with E-state index in [1.165, 1.54) is 0 Å². The number of carbonyl (C=O) groups excluding carboxylic acids is 1. The van der Waals surface area contributed by atoms with Crippen LogP contribution >= 0.6 is 0 Å². The Kier molecular flexibility index (Phi) is 40.4. The summed E-state index contributed by atoms with van der Waals surface area (Å²) in [6.07, 6.45) is -2.33. The van der Waals surface area contributed by atoms with E-state index >= 15 is 0 Å². The average Bonchev–Trinajstić information content (AvgIpc) is 1.25. The van der Waals surface area contributed by atoms with Gasteiger partial charge in [-0.25, -0.2) is 0 Å². The fourth-order valence-corrected chi connectivity index (χ4v) is 0. The summed E-state index contributed by atoms with van der Waals surface area (Å²) in [5, 5.41) is 16.7. The van der Waals surface area contributed by atoms with Gasteiger partial charge in [-0.2, -0.15) is 4.21 Å². The van der Waals surface area contributed by atoms with Crippen molar-refractivity contribution in [1.29, 1.82) is 0 Å². The average molecular weight is 220 g/mol. The number of hydrogen-bond donors (Lipinski definition) is 2. The van der Waals surface area contributed by atoms with Crippen molar-refractivity contribution in [2.24, 2.45) is 0 Å². The molecule has 10 heavy (non-hydrogen) atoms. The van der Waals surface area contributed by atoms with Crippen LogP contribution in [-0.2, 0) is 11.4 Å². The Balaban J connectivity index is -0.0000000300. The quantitative estimate of drug-likeness (QED) is 0.309. The second-order valence-corrected chi connectivity index (χ2v) is 0.942. The number of carbonyl (C=O) groups is 1. The first-order valence-electron chi connectivity index (χ1n) is 1.14. The summed E-state index contributed by atoms with van der Waals surface area (Å²) in [4.78, 5) is 8.33. The van der Waals surface area contributed by atoms with E-state index in [0.29, 0.717) is 0 Å². The van der Waals surface area contributed by atoms with Crippen molar-refractivity contribution in [1.82, 2.24) is 0 Å². The van der Waals surface area contributed by atoms with Crippen LogP contribution in [0.15, 0.2) is 0 Å². The van der Waals surface area contributed by atoms with Crippen molar-refractivity contribution < 1.29 is 131 Å². The molecule has 0 heterocycles. The molecule has 0 bridgehead atoms. The van der Waals surface area contributed by atoms with Crippen LogP contribution in [0.1, 0.15) is 0 Å². The number of rotatable bonds is 0. The van der Waals surface area contributed by atoms with E-state index in [9.17, 15) is 0 Å². The van der Waals surface area contributed by atoms with Crippen LogP contribution in [0.5, 0.6) is 0 Å². The standard InChI is InChI=1S/CH2O3.2K.H2O3S/c2-1(3)4;;;1-4(2)3/h(H2,2,3,4);;;(H2,1,2,3)/q;2*+1;/p-2. The maximum Gasteiger partial charge on any atom is 1.00 e. The Labute approximate surface area is 145 Å². The third-order valence-corrected chi connectivity index (χ3v) is 0. The van der Waals surface area contributed by atoms with Crippen LogP contribution in [0.3, 0.4) is 0 Å². The fourth-order valence-electron chi connectivity index (χ4n) is 0. The van der Waals surface area contributed by atoms with Gasteiger partial charge in [0, 0.05) is 0 Å². The van der Waals surface area contributed by atoms with Gasteiger partial charge in [0.15, 0.2) is 0 Å². The molecule has 0 aliphatic rings. The molecule has 50 valence electrons. The summed E-state index contributed by atoms with van der Waals surface area (Å²) in [6.45, 7) is 0. The minimum Gasteiger partial charge on any atom is -0.652 e. The fraction of sp³-hybridized carbons (Fsp3) is 0. The van der Waals surface area contributed by atoms with Gasteiger partial charge in [0.1, 0.15) is 0 Å². The van der Waals surface area contributed by atoms with Gasteiger partial charge in [0.25, 0.3) is 11.4 Å². The summed E-state index contributed by atoms with van der Waals surface area (Å²) in [5.74, 6) is 0. The van der Waals surface area contributed by atoms with Gasteiger partial charge < -0.3 is 15.0 Å². The molecule has 0 aromatic rings. The van der Waals surface area contributed by atoms with Gasteiger partial charge >= 0.3 is 103 Å². The molecule has 0 unspecified atom stereocenters. The minimum atomic E-state index is -2.61. The maximum atomic E-state index is 8.67. The number of carboxylic acid groups (broad SMARTS) is 2. The summed E-state index contributed by atoms with van der Waals surface area (Å²) in [5.41, 5.74) is 0. The van der Waals surface area contributed by atoms with Gasteiger partial charge in [-0.1, -0.05) is 0 Å². The first-order chi connectivity index (χ1) is 3.46. The van der Waals surface area contributed by atoms with Gasteiger partial charge in [-0.05, 0) is 6.16 Å².